The second-order valence-electron chi connectivity index (χ2n) is 4.41. The number of aromatic nitrogens is 3. The maximum Gasteiger partial charge on any atom is 0.209 e. The van der Waals surface area contributed by atoms with Crippen LogP contribution in [0.3, 0.4) is 0 Å². The second kappa shape index (κ2) is 7.01. The van der Waals surface area contributed by atoms with Gasteiger partial charge < -0.3 is 9.64 Å². The smallest absolute Gasteiger partial charge is 0.209 e. The van der Waals surface area contributed by atoms with Crippen molar-refractivity contribution in [1.82, 2.24) is 15.2 Å². The standard InChI is InChI=1S/C13H16N4OS2/c1-2-11(10-14-4-1)3-9-19-13-16-15-12(20-13)17-5-7-18-8-6-17/h1-2,4,10H,3,5-9H2. The molecule has 1 aliphatic heterocycles. The number of ether oxygens (including phenoxy) is 1. The minimum Gasteiger partial charge on any atom is -0.378 e. The van der Waals surface area contributed by atoms with Gasteiger partial charge >= 0.3 is 0 Å². The van der Waals surface area contributed by atoms with Crippen LogP contribution in [0.4, 0.5) is 5.13 Å². The molecule has 0 bridgehead atoms. The Morgan fingerprint density at radius 2 is 2.20 bits per heavy atom. The fourth-order valence-corrected chi connectivity index (χ4v) is 3.90. The van der Waals surface area contributed by atoms with E-state index in [1.54, 1.807) is 29.3 Å². The molecule has 7 heteroatoms. The average Bonchev–Trinajstić information content (AvgIpc) is 2.98. The SMILES string of the molecule is c1cncc(CCSc2nnc(N3CCOCC3)s2)c1. The highest BCUT2D eigenvalue weighted by Crippen LogP contribution is 2.28. The summed E-state index contributed by atoms with van der Waals surface area (Å²) < 4.78 is 6.38. The molecule has 0 unspecified atom stereocenters. The normalized spacial score (nSPS) is 15.5. The molecule has 0 saturated carbocycles. The Kier molecular flexibility index (Phi) is 4.83. The van der Waals surface area contributed by atoms with Crippen molar-refractivity contribution in [2.45, 2.75) is 10.8 Å². The van der Waals surface area contributed by atoms with Crippen LogP contribution in [0, 0.1) is 0 Å². The minimum absolute atomic E-state index is 0.781. The third kappa shape index (κ3) is 3.68. The molecule has 0 atom stereocenters. The van der Waals surface area contributed by atoms with Crippen LogP contribution in [0.5, 0.6) is 0 Å². The number of pyridine rings is 1. The number of anilines is 1. The lowest BCUT2D eigenvalue weighted by Gasteiger charge is -2.25. The van der Waals surface area contributed by atoms with E-state index in [0.717, 1.165) is 47.9 Å². The van der Waals surface area contributed by atoms with Crippen LogP contribution in [0.1, 0.15) is 5.56 Å². The summed E-state index contributed by atoms with van der Waals surface area (Å²) in [5.41, 5.74) is 1.26. The van der Waals surface area contributed by atoms with Gasteiger partial charge in [-0.2, -0.15) is 0 Å². The van der Waals surface area contributed by atoms with Crippen LogP contribution in [0.15, 0.2) is 28.9 Å². The number of aryl methyl sites for hydroxylation is 1. The van der Waals surface area contributed by atoms with E-state index < -0.39 is 0 Å². The molecule has 0 radical (unpaired) electrons. The first-order valence-corrected chi connectivity index (χ1v) is 8.40. The number of hydrogen-bond donors (Lipinski definition) is 0. The lowest BCUT2D eigenvalue weighted by Crippen LogP contribution is -2.36. The largest absolute Gasteiger partial charge is 0.378 e. The Balaban J connectivity index is 1.50. The first kappa shape index (κ1) is 13.8. The van der Waals surface area contributed by atoms with Gasteiger partial charge in [-0.1, -0.05) is 29.2 Å². The van der Waals surface area contributed by atoms with Gasteiger partial charge in [0.05, 0.1) is 13.2 Å². The molecule has 0 spiro atoms. The van der Waals surface area contributed by atoms with Gasteiger partial charge in [0, 0.05) is 31.2 Å². The summed E-state index contributed by atoms with van der Waals surface area (Å²) in [5, 5.41) is 9.54. The summed E-state index contributed by atoms with van der Waals surface area (Å²) >= 11 is 3.43. The molecule has 3 heterocycles. The molecule has 0 aromatic carbocycles. The monoisotopic (exact) mass is 308 g/mol. The Hall–Kier alpha value is -1.18. The molecule has 1 fully saturated rings. The van der Waals surface area contributed by atoms with E-state index in [1.165, 1.54) is 5.56 Å². The summed E-state index contributed by atoms with van der Waals surface area (Å²) in [7, 11) is 0. The molecule has 3 rings (SSSR count). The van der Waals surface area contributed by atoms with Crippen molar-refractivity contribution in [1.29, 1.82) is 0 Å². The van der Waals surface area contributed by atoms with Gasteiger partial charge in [0.15, 0.2) is 4.34 Å². The van der Waals surface area contributed by atoms with Gasteiger partial charge in [-0.25, -0.2) is 0 Å². The number of morpholine rings is 1. The lowest BCUT2D eigenvalue weighted by molar-refractivity contribution is 0.122. The van der Waals surface area contributed by atoms with Gasteiger partial charge in [0.1, 0.15) is 0 Å². The fourth-order valence-electron chi connectivity index (χ4n) is 1.95. The first-order valence-electron chi connectivity index (χ1n) is 6.60. The van der Waals surface area contributed by atoms with Crippen molar-refractivity contribution >= 4 is 28.2 Å². The zero-order valence-electron chi connectivity index (χ0n) is 11.1. The molecule has 0 N–H and O–H groups in total. The number of hydrogen-bond acceptors (Lipinski definition) is 7. The molecule has 106 valence electrons. The summed E-state index contributed by atoms with van der Waals surface area (Å²) in [4.78, 5) is 6.36. The van der Waals surface area contributed by atoms with Crippen LogP contribution < -0.4 is 4.90 Å². The van der Waals surface area contributed by atoms with Crippen LogP contribution in [-0.4, -0.2) is 47.2 Å². The molecule has 1 saturated heterocycles. The van der Waals surface area contributed by atoms with E-state index in [9.17, 15) is 0 Å². The molecule has 0 aliphatic carbocycles. The van der Waals surface area contributed by atoms with E-state index in [2.05, 4.69) is 26.1 Å². The highest BCUT2D eigenvalue weighted by atomic mass is 32.2. The Morgan fingerprint density at radius 3 is 3.00 bits per heavy atom. The first-order chi connectivity index (χ1) is 9.92. The molecule has 0 amide bonds. The van der Waals surface area contributed by atoms with E-state index in [-0.39, 0.29) is 0 Å². The molecule has 1 aliphatic rings. The van der Waals surface area contributed by atoms with Crippen LogP contribution in [-0.2, 0) is 11.2 Å². The maximum absolute atomic E-state index is 5.35. The summed E-state index contributed by atoms with van der Waals surface area (Å²) in [6, 6.07) is 4.08. The van der Waals surface area contributed by atoms with Crippen molar-refractivity contribution in [2.24, 2.45) is 0 Å². The average molecular weight is 308 g/mol. The van der Waals surface area contributed by atoms with Gasteiger partial charge in [-0.15, -0.1) is 10.2 Å². The van der Waals surface area contributed by atoms with Crippen LogP contribution in [0.2, 0.25) is 0 Å². The predicted octanol–water partition coefficient (Wildman–Crippen LogP) is 2.10. The second-order valence-corrected chi connectivity index (χ2v) is 6.71. The van der Waals surface area contributed by atoms with Crippen LogP contribution >= 0.6 is 23.1 Å². The molecule has 2 aromatic rings. The van der Waals surface area contributed by atoms with Crippen LogP contribution in [0.25, 0.3) is 0 Å². The molecule has 20 heavy (non-hydrogen) atoms. The summed E-state index contributed by atoms with van der Waals surface area (Å²) in [6.45, 7) is 3.39. The predicted molar refractivity (Wildman–Crippen MR) is 81.6 cm³/mol. The highest BCUT2D eigenvalue weighted by molar-refractivity contribution is 8.01. The Morgan fingerprint density at radius 1 is 1.30 bits per heavy atom. The van der Waals surface area contributed by atoms with Crippen molar-refractivity contribution in [3.63, 3.8) is 0 Å². The van der Waals surface area contributed by atoms with E-state index in [4.69, 9.17) is 4.74 Å². The molecular formula is C13H16N4OS2. The summed E-state index contributed by atoms with van der Waals surface area (Å²) in [6.07, 6.45) is 4.72. The van der Waals surface area contributed by atoms with Crippen molar-refractivity contribution in [2.75, 3.05) is 37.0 Å². The zero-order chi connectivity index (χ0) is 13.6. The highest BCUT2D eigenvalue weighted by Gasteiger charge is 2.15. The van der Waals surface area contributed by atoms with Gasteiger partial charge in [-0.3, -0.25) is 4.98 Å². The van der Waals surface area contributed by atoms with E-state index in [0.29, 0.717) is 0 Å². The topological polar surface area (TPSA) is 51.1 Å². The lowest BCUT2D eigenvalue weighted by atomic mass is 10.2. The van der Waals surface area contributed by atoms with E-state index in [1.807, 2.05) is 12.3 Å². The number of thioether (sulfide) groups is 1. The van der Waals surface area contributed by atoms with Gasteiger partial charge in [-0.05, 0) is 18.1 Å². The molecule has 5 nitrogen and oxygen atoms in total. The molecular weight excluding hydrogens is 292 g/mol. The van der Waals surface area contributed by atoms with Gasteiger partial charge in [0.25, 0.3) is 0 Å². The van der Waals surface area contributed by atoms with Crippen molar-refractivity contribution < 1.29 is 4.74 Å². The van der Waals surface area contributed by atoms with Gasteiger partial charge in [0.2, 0.25) is 5.13 Å². The third-order valence-corrected chi connectivity index (χ3v) is 5.14. The van der Waals surface area contributed by atoms with Crippen molar-refractivity contribution in [3.05, 3.63) is 30.1 Å². The zero-order valence-corrected chi connectivity index (χ0v) is 12.7. The Labute approximate surface area is 126 Å². The Bertz CT molecular complexity index is 528. The maximum atomic E-state index is 5.35. The number of nitrogens with zero attached hydrogens (tertiary/aromatic N) is 4. The fraction of sp³-hybridized carbons (Fsp3) is 0.462. The minimum atomic E-state index is 0.781. The van der Waals surface area contributed by atoms with Crippen molar-refractivity contribution in [3.8, 4) is 0 Å². The third-order valence-electron chi connectivity index (χ3n) is 3.02. The number of rotatable bonds is 5. The quantitative estimate of drug-likeness (QED) is 0.789. The molecule has 2 aromatic heterocycles. The van der Waals surface area contributed by atoms with E-state index >= 15 is 0 Å². The summed E-state index contributed by atoms with van der Waals surface area (Å²) in [5.74, 6) is 1.00.